The van der Waals surface area contributed by atoms with Crippen LogP contribution in [0.2, 0.25) is 0 Å². The highest BCUT2D eigenvalue weighted by Crippen LogP contribution is 1.96. The summed E-state index contributed by atoms with van der Waals surface area (Å²) >= 11 is 13.6. The lowest BCUT2D eigenvalue weighted by Gasteiger charge is -2.09. The molecule has 8 nitrogen and oxygen atoms in total. The molecular weight excluding hydrogens is 487 g/mol. The highest BCUT2D eigenvalue weighted by Gasteiger charge is 1.97. The molecule has 6 N–H and O–H groups in total. The third-order valence-electron chi connectivity index (χ3n) is 3.50. The minimum Gasteiger partial charge on any atom is -0.377 e. The van der Waals surface area contributed by atoms with Gasteiger partial charge in [0, 0.05) is 55.3 Å². The summed E-state index contributed by atoms with van der Waals surface area (Å²) in [5, 5.41) is 9.16. The molecule has 0 aromatic rings. The van der Waals surface area contributed by atoms with Gasteiger partial charge in [0.2, 0.25) is 0 Å². The van der Waals surface area contributed by atoms with Crippen LogP contribution in [0.3, 0.4) is 0 Å². The van der Waals surface area contributed by atoms with Crippen LogP contribution < -0.4 is 22.1 Å². The van der Waals surface area contributed by atoms with Crippen molar-refractivity contribution in [1.29, 1.82) is 0 Å². The van der Waals surface area contributed by atoms with E-state index in [2.05, 4.69) is 56.7 Å². The Morgan fingerprint density at radius 2 is 1.34 bits per heavy atom. The quantitative estimate of drug-likeness (QED) is 0.143. The SMILES string of the molecule is CC(=O)CCCCN=C=S.CC(=O)CCCCNC(=S)NCCCCS(C)=O.NC(N)=S. The molecule has 0 saturated heterocycles. The Bertz CT molecular complexity index is 578. The van der Waals surface area contributed by atoms with Crippen molar-refractivity contribution in [2.24, 2.45) is 16.5 Å². The minimum absolute atomic E-state index is 0.000000000000000222. The Kier molecular flexibility index (Phi) is 30.5. The van der Waals surface area contributed by atoms with Gasteiger partial charge in [0.1, 0.15) is 11.6 Å². The fraction of sp³-hybridized carbons (Fsp3) is 0.750. The van der Waals surface area contributed by atoms with Gasteiger partial charge < -0.3 is 31.7 Å². The van der Waals surface area contributed by atoms with Crippen LogP contribution in [0.15, 0.2) is 4.99 Å². The van der Waals surface area contributed by atoms with Crippen molar-refractivity contribution in [1.82, 2.24) is 10.6 Å². The molecule has 0 saturated carbocycles. The molecule has 0 aliphatic rings. The van der Waals surface area contributed by atoms with E-state index in [1.807, 2.05) is 0 Å². The van der Waals surface area contributed by atoms with Crippen molar-refractivity contribution in [3.63, 3.8) is 0 Å². The molecule has 0 rings (SSSR count). The van der Waals surface area contributed by atoms with Gasteiger partial charge in [-0.25, -0.2) is 4.99 Å². The number of nitrogens with zero attached hydrogens (tertiary/aromatic N) is 1. The molecule has 1 unspecified atom stereocenters. The molecule has 12 heteroatoms. The van der Waals surface area contributed by atoms with Gasteiger partial charge in [0.25, 0.3) is 0 Å². The fourth-order valence-electron chi connectivity index (χ4n) is 2.01. The van der Waals surface area contributed by atoms with Gasteiger partial charge in [0.15, 0.2) is 10.2 Å². The maximum absolute atomic E-state index is 10.8. The number of thiocarbonyl (C=S) groups is 3. The number of carbonyl (C=O) groups excluding carboxylic acids is 2. The molecule has 0 spiro atoms. The first kappa shape index (κ1) is 35.3. The van der Waals surface area contributed by atoms with Gasteiger partial charge in [0.05, 0.1) is 5.16 Å². The first-order chi connectivity index (χ1) is 15.0. The maximum atomic E-state index is 10.8. The summed E-state index contributed by atoms with van der Waals surface area (Å²) in [7, 11) is -0.695. The summed E-state index contributed by atoms with van der Waals surface area (Å²) in [5.41, 5.74) is 9.24. The van der Waals surface area contributed by atoms with Gasteiger partial charge in [-0.15, -0.1) is 0 Å². The lowest BCUT2D eigenvalue weighted by atomic mass is 10.2. The molecule has 0 fully saturated rings. The summed E-state index contributed by atoms with van der Waals surface area (Å²) in [5.74, 6) is 1.24. The number of hydrogen-bond acceptors (Lipinski definition) is 7. The van der Waals surface area contributed by atoms with Crippen LogP contribution in [-0.4, -0.2) is 62.8 Å². The molecule has 0 aliphatic carbocycles. The Labute approximate surface area is 211 Å². The Morgan fingerprint density at radius 3 is 1.75 bits per heavy atom. The van der Waals surface area contributed by atoms with E-state index in [0.29, 0.717) is 24.5 Å². The molecule has 0 heterocycles. The molecule has 0 bridgehead atoms. The zero-order valence-electron chi connectivity index (χ0n) is 19.4. The van der Waals surface area contributed by atoms with E-state index in [0.717, 1.165) is 57.4 Å². The number of aliphatic imine (C=N–C) groups is 1. The largest absolute Gasteiger partial charge is 0.377 e. The number of rotatable bonds is 15. The van der Waals surface area contributed by atoms with Crippen LogP contribution in [0.5, 0.6) is 0 Å². The predicted molar refractivity (Wildman–Crippen MR) is 147 cm³/mol. The minimum atomic E-state index is -0.695. The average molecular weight is 526 g/mol. The summed E-state index contributed by atoms with van der Waals surface area (Å²) in [6.45, 7) is 5.54. The highest BCUT2D eigenvalue weighted by atomic mass is 32.2. The van der Waals surface area contributed by atoms with Crippen molar-refractivity contribution < 1.29 is 13.8 Å². The summed E-state index contributed by atoms with van der Waals surface area (Å²) < 4.78 is 10.8. The fourth-order valence-corrected chi connectivity index (χ4v) is 2.91. The maximum Gasteiger partial charge on any atom is 0.166 e. The third-order valence-corrected chi connectivity index (χ3v) is 4.78. The summed E-state index contributed by atoms with van der Waals surface area (Å²) in [4.78, 5) is 24.8. The van der Waals surface area contributed by atoms with Crippen LogP contribution in [0.25, 0.3) is 0 Å². The van der Waals surface area contributed by atoms with E-state index in [-0.39, 0.29) is 16.7 Å². The molecule has 32 heavy (non-hydrogen) atoms. The highest BCUT2D eigenvalue weighted by molar-refractivity contribution is 7.84. The Morgan fingerprint density at radius 1 is 0.906 bits per heavy atom. The van der Waals surface area contributed by atoms with Crippen molar-refractivity contribution in [2.45, 2.75) is 65.2 Å². The summed E-state index contributed by atoms with van der Waals surface area (Å²) in [6.07, 6.45) is 8.68. The van der Waals surface area contributed by atoms with Crippen molar-refractivity contribution in [3.8, 4) is 0 Å². The van der Waals surface area contributed by atoms with Gasteiger partial charge in [-0.05, 0) is 89.0 Å². The predicted octanol–water partition coefficient (Wildman–Crippen LogP) is 2.41. The monoisotopic (exact) mass is 525 g/mol. The molecule has 0 radical (unpaired) electrons. The molecule has 0 amide bonds. The van der Waals surface area contributed by atoms with Crippen molar-refractivity contribution in [2.75, 3.05) is 31.6 Å². The van der Waals surface area contributed by atoms with Crippen LogP contribution >= 0.6 is 36.7 Å². The number of Topliss-reactive ketones (excluding diaryl/α,β-unsaturated/α-hetero) is 2. The van der Waals surface area contributed by atoms with E-state index in [9.17, 15) is 13.8 Å². The number of hydrogen-bond donors (Lipinski definition) is 4. The lowest BCUT2D eigenvalue weighted by molar-refractivity contribution is -0.117. The molecular formula is C20H39N5O3S4. The number of ketones is 2. The summed E-state index contributed by atoms with van der Waals surface area (Å²) in [6, 6.07) is 0. The zero-order valence-corrected chi connectivity index (χ0v) is 22.7. The smallest absolute Gasteiger partial charge is 0.166 e. The van der Waals surface area contributed by atoms with Crippen molar-refractivity contribution in [3.05, 3.63) is 0 Å². The third kappa shape index (κ3) is 46.7. The first-order valence-corrected chi connectivity index (χ1v) is 13.4. The normalized spacial score (nSPS) is 10.1. The second-order valence-corrected chi connectivity index (χ2v) is 9.48. The van der Waals surface area contributed by atoms with E-state index in [1.54, 1.807) is 20.1 Å². The number of carbonyl (C=O) groups is 2. The van der Waals surface area contributed by atoms with E-state index in [4.69, 9.17) is 12.2 Å². The number of isothiocyanates is 1. The zero-order chi connectivity index (χ0) is 25.2. The second kappa shape index (κ2) is 27.7. The molecule has 0 aliphatic heterocycles. The lowest BCUT2D eigenvalue weighted by Crippen LogP contribution is -2.36. The molecule has 186 valence electrons. The van der Waals surface area contributed by atoms with Crippen LogP contribution in [0.1, 0.15) is 65.2 Å². The van der Waals surface area contributed by atoms with E-state index < -0.39 is 10.8 Å². The number of unbranched alkanes of at least 4 members (excludes halogenated alkanes) is 3. The van der Waals surface area contributed by atoms with Crippen LogP contribution in [0.4, 0.5) is 0 Å². The van der Waals surface area contributed by atoms with Gasteiger partial charge in [-0.2, -0.15) is 0 Å². The number of nitrogens with one attached hydrogen (secondary N) is 2. The molecule has 0 aromatic carbocycles. The van der Waals surface area contributed by atoms with Gasteiger partial charge >= 0.3 is 0 Å². The second-order valence-electron chi connectivity index (χ2n) is 6.86. The van der Waals surface area contributed by atoms with Gasteiger partial charge in [-0.3, -0.25) is 4.21 Å². The average Bonchev–Trinajstić information content (AvgIpc) is 2.66. The van der Waals surface area contributed by atoms with E-state index in [1.165, 1.54) is 0 Å². The van der Waals surface area contributed by atoms with Gasteiger partial charge in [-0.1, -0.05) is 0 Å². The van der Waals surface area contributed by atoms with E-state index >= 15 is 0 Å². The standard InChI is InChI=1S/C12H24N2O2S2.C7H11NOS.CH4N2S/c1-11(15)7-3-4-8-13-12(17)14-9-5-6-10-18(2)16;1-7(9)4-2-3-5-8-6-10;2-1(3)4/h3-10H2,1-2H3,(H2,13,14,17);2-5H2,1H3;(H4,2,3,4). The van der Waals surface area contributed by atoms with Crippen molar-refractivity contribution >= 4 is 74.4 Å². The van der Waals surface area contributed by atoms with Crippen LogP contribution in [0, 0.1) is 0 Å². The number of nitrogens with two attached hydrogens (primary N) is 2. The Hall–Kier alpha value is -1.33. The van der Waals surface area contributed by atoms with Crippen LogP contribution in [-0.2, 0) is 20.4 Å². The molecule has 1 atom stereocenters. The first-order valence-electron chi connectivity index (χ1n) is 10.4. The topological polar surface area (TPSA) is 140 Å². The Balaban J connectivity index is -0.000000502. The molecule has 0 aromatic heterocycles.